The fraction of sp³-hybridized carbons (Fsp3) is 0.375. The molecule has 1 atom stereocenters. The van der Waals surface area contributed by atoms with Crippen LogP contribution in [0.25, 0.3) is 0 Å². The normalized spacial score (nSPS) is 17.5. The van der Waals surface area contributed by atoms with Crippen molar-refractivity contribution in [2.24, 2.45) is 0 Å². The Morgan fingerprint density at radius 1 is 1.09 bits per heavy atom. The number of hydrogen-bond acceptors (Lipinski definition) is 4. The average molecular weight is 455 g/mol. The van der Waals surface area contributed by atoms with Crippen molar-refractivity contribution in [1.82, 2.24) is 10.2 Å². The van der Waals surface area contributed by atoms with E-state index in [9.17, 15) is 14.4 Å². The van der Waals surface area contributed by atoms with Crippen molar-refractivity contribution in [3.05, 3.63) is 58.6 Å². The highest BCUT2D eigenvalue weighted by molar-refractivity contribution is 6.30. The van der Waals surface area contributed by atoms with Crippen LogP contribution in [0.5, 0.6) is 0 Å². The molecule has 0 bridgehead atoms. The molecule has 3 amide bonds. The van der Waals surface area contributed by atoms with Crippen LogP contribution >= 0.6 is 11.6 Å². The maximum atomic E-state index is 13.4. The summed E-state index contributed by atoms with van der Waals surface area (Å²) in [6.07, 6.45) is 2.76. The van der Waals surface area contributed by atoms with Crippen molar-refractivity contribution in [2.45, 2.75) is 31.8 Å². The maximum Gasteiger partial charge on any atom is 0.253 e. The van der Waals surface area contributed by atoms with E-state index in [4.69, 9.17) is 11.6 Å². The third-order valence-electron chi connectivity index (χ3n) is 5.99. The van der Waals surface area contributed by atoms with Crippen molar-refractivity contribution in [2.75, 3.05) is 37.0 Å². The molecule has 0 unspecified atom stereocenters. The Bertz CT molecular complexity index is 1040. The number of rotatable bonds is 5. The van der Waals surface area contributed by atoms with Gasteiger partial charge in [0.15, 0.2) is 0 Å². The van der Waals surface area contributed by atoms with Crippen LogP contribution in [0.1, 0.15) is 35.2 Å². The van der Waals surface area contributed by atoms with E-state index in [1.165, 1.54) is 9.80 Å². The zero-order chi connectivity index (χ0) is 22.8. The molecule has 1 fully saturated rings. The first-order chi connectivity index (χ1) is 15.3. The maximum absolute atomic E-state index is 13.4. The number of halogens is 1. The van der Waals surface area contributed by atoms with Gasteiger partial charge in [-0.3, -0.25) is 19.3 Å². The first-order valence-electron chi connectivity index (χ1n) is 10.8. The number of fused-ring (bicyclic) bond motifs is 3. The molecule has 7 nitrogen and oxygen atoms in total. The minimum absolute atomic E-state index is 0.0895. The summed E-state index contributed by atoms with van der Waals surface area (Å²) in [5.74, 6) is -0.491. The second-order valence-corrected chi connectivity index (χ2v) is 8.87. The molecule has 2 aliphatic rings. The molecule has 0 aromatic heterocycles. The Balaban J connectivity index is 1.59. The van der Waals surface area contributed by atoms with Gasteiger partial charge in [0.25, 0.3) is 5.91 Å². The highest BCUT2D eigenvalue weighted by atomic mass is 35.5. The quantitative estimate of drug-likeness (QED) is 0.753. The van der Waals surface area contributed by atoms with Crippen LogP contribution in [0, 0.1) is 0 Å². The summed E-state index contributed by atoms with van der Waals surface area (Å²) in [5, 5.41) is 3.51. The number of nitrogens with one attached hydrogen (secondary N) is 1. The van der Waals surface area contributed by atoms with E-state index in [-0.39, 0.29) is 30.3 Å². The average Bonchev–Trinajstić information content (AvgIpc) is 2.80. The summed E-state index contributed by atoms with van der Waals surface area (Å²) in [6, 6.07) is 12.4. The van der Waals surface area contributed by atoms with Crippen molar-refractivity contribution in [1.29, 1.82) is 0 Å². The van der Waals surface area contributed by atoms with Crippen molar-refractivity contribution in [3.8, 4) is 0 Å². The van der Waals surface area contributed by atoms with E-state index in [0.29, 0.717) is 22.8 Å². The highest BCUT2D eigenvalue weighted by Crippen LogP contribution is 2.40. The molecule has 2 aromatic carbocycles. The summed E-state index contributed by atoms with van der Waals surface area (Å²) in [5.41, 5.74) is 2.92. The molecular weight excluding hydrogens is 428 g/mol. The second kappa shape index (κ2) is 9.20. The van der Waals surface area contributed by atoms with Gasteiger partial charge < -0.3 is 15.1 Å². The minimum atomic E-state index is -0.268. The van der Waals surface area contributed by atoms with Gasteiger partial charge in [-0.1, -0.05) is 23.7 Å². The summed E-state index contributed by atoms with van der Waals surface area (Å²) >= 11 is 5.92. The molecule has 0 aliphatic carbocycles. The smallest absolute Gasteiger partial charge is 0.253 e. The van der Waals surface area contributed by atoms with E-state index in [1.54, 1.807) is 38.4 Å². The number of carbonyl (C=O) groups excluding carboxylic acids is 3. The van der Waals surface area contributed by atoms with Crippen molar-refractivity contribution in [3.63, 3.8) is 0 Å². The van der Waals surface area contributed by atoms with E-state index in [2.05, 4.69) is 10.2 Å². The number of piperidine rings is 1. The van der Waals surface area contributed by atoms with Crippen LogP contribution in [0.3, 0.4) is 0 Å². The van der Waals surface area contributed by atoms with Crippen LogP contribution in [0.4, 0.5) is 11.4 Å². The first kappa shape index (κ1) is 22.1. The van der Waals surface area contributed by atoms with Crippen LogP contribution < -0.4 is 15.1 Å². The number of hydrogen-bond donors (Lipinski definition) is 1. The van der Waals surface area contributed by atoms with Gasteiger partial charge in [-0.2, -0.15) is 0 Å². The molecule has 8 heteroatoms. The fourth-order valence-corrected chi connectivity index (χ4v) is 4.44. The van der Waals surface area contributed by atoms with Gasteiger partial charge >= 0.3 is 0 Å². The molecule has 168 valence electrons. The molecule has 1 N–H and O–H groups in total. The van der Waals surface area contributed by atoms with Gasteiger partial charge in [0.05, 0.1) is 11.4 Å². The Morgan fingerprint density at radius 3 is 2.56 bits per heavy atom. The molecule has 32 heavy (non-hydrogen) atoms. The van der Waals surface area contributed by atoms with E-state index in [0.717, 1.165) is 37.1 Å². The lowest BCUT2D eigenvalue weighted by atomic mass is 9.95. The summed E-state index contributed by atoms with van der Waals surface area (Å²) in [7, 11) is 3.38. The van der Waals surface area contributed by atoms with Crippen LogP contribution in [0.2, 0.25) is 5.02 Å². The topological polar surface area (TPSA) is 73.0 Å². The lowest BCUT2D eigenvalue weighted by molar-refractivity contribution is -0.125. The molecule has 0 spiro atoms. The van der Waals surface area contributed by atoms with Gasteiger partial charge in [-0.05, 0) is 55.2 Å². The van der Waals surface area contributed by atoms with Crippen molar-refractivity contribution >= 4 is 40.7 Å². The third kappa shape index (κ3) is 4.43. The molecule has 2 aromatic rings. The van der Waals surface area contributed by atoms with Gasteiger partial charge in [-0.25, -0.2) is 0 Å². The molecular formula is C24H27ClN4O3. The Kier molecular flexibility index (Phi) is 6.37. The van der Waals surface area contributed by atoms with Gasteiger partial charge in [-0.15, -0.1) is 0 Å². The van der Waals surface area contributed by atoms with Gasteiger partial charge in [0, 0.05) is 37.8 Å². The number of carbonyl (C=O) groups is 3. The predicted octanol–water partition coefficient (Wildman–Crippen LogP) is 3.06. The molecule has 0 saturated carbocycles. The predicted molar refractivity (Wildman–Crippen MR) is 125 cm³/mol. The summed E-state index contributed by atoms with van der Waals surface area (Å²) in [6.45, 7) is 1.05. The summed E-state index contributed by atoms with van der Waals surface area (Å²) < 4.78 is 0. The molecule has 0 radical (unpaired) electrons. The first-order valence-corrected chi connectivity index (χ1v) is 11.2. The van der Waals surface area contributed by atoms with E-state index in [1.807, 2.05) is 18.2 Å². The number of amides is 3. The number of anilines is 2. The van der Waals surface area contributed by atoms with Gasteiger partial charge in [0.1, 0.15) is 12.6 Å². The largest absolute Gasteiger partial charge is 0.358 e. The Labute approximate surface area is 192 Å². The van der Waals surface area contributed by atoms with E-state index >= 15 is 0 Å². The van der Waals surface area contributed by atoms with Crippen molar-refractivity contribution < 1.29 is 14.4 Å². The Hall–Kier alpha value is -3.06. The molecule has 2 aliphatic heterocycles. The SMILES string of the molecule is CN(C)C(=O)c1ccc2c(c1)N(CC(=O)NCc1ccc(Cl)cc1)C(=O)[C@H]1CCCCN21. The lowest BCUT2D eigenvalue weighted by Crippen LogP contribution is -2.57. The Morgan fingerprint density at radius 2 is 1.84 bits per heavy atom. The van der Waals surface area contributed by atoms with E-state index < -0.39 is 0 Å². The number of benzene rings is 2. The third-order valence-corrected chi connectivity index (χ3v) is 6.24. The summed E-state index contributed by atoms with van der Waals surface area (Å²) in [4.78, 5) is 43.8. The van der Waals surface area contributed by atoms with Crippen LogP contribution in [-0.2, 0) is 16.1 Å². The standard InChI is InChI=1S/C24H27ClN4O3/c1-27(2)23(31)17-8-11-19-21(13-17)29(24(32)20-5-3-4-12-28(19)20)15-22(30)26-14-16-6-9-18(25)10-7-16/h6-11,13,20H,3-5,12,14-15H2,1-2H3,(H,26,30)/t20-/m1/s1. The van der Waals surface area contributed by atoms with Gasteiger partial charge in [0.2, 0.25) is 11.8 Å². The zero-order valence-corrected chi connectivity index (χ0v) is 19.1. The second-order valence-electron chi connectivity index (χ2n) is 8.44. The highest BCUT2D eigenvalue weighted by Gasteiger charge is 2.40. The molecule has 1 saturated heterocycles. The molecule has 4 rings (SSSR count). The fourth-order valence-electron chi connectivity index (χ4n) is 4.31. The number of nitrogens with zero attached hydrogens (tertiary/aromatic N) is 3. The lowest BCUT2D eigenvalue weighted by Gasteiger charge is -2.45. The monoisotopic (exact) mass is 454 g/mol. The van der Waals surface area contributed by atoms with Crippen LogP contribution in [0.15, 0.2) is 42.5 Å². The zero-order valence-electron chi connectivity index (χ0n) is 18.3. The molecule has 2 heterocycles. The van der Waals surface area contributed by atoms with Crippen LogP contribution in [-0.4, -0.2) is 55.8 Å². The minimum Gasteiger partial charge on any atom is -0.358 e.